The first kappa shape index (κ1) is 12.9. The summed E-state index contributed by atoms with van der Waals surface area (Å²) < 4.78 is 21.7. The molecule has 80 valence electrons. The van der Waals surface area contributed by atoms with Gasteiger partial charge in [-0.25, -0.2) is 8.42 Å². The molecule has 0 aromatic carbocycles. The van der Waals surface area contributed by atoms with Crippen molar-refractivity contribution in [3.63, 3.8) is 0 Å². The van der Waals surface area contributed by atoms with Crippen LogP contribution in [0.3, 0.4) is 0 Å². The predicted octanol–water partition coefficient (Wildman–Crippen LogP) is 1.01. The number of nitrogens with zero attached hydrogens (tertiary/aromatic N) is 1. The lowest BCUT2D eigenvalue weighted by molar-refractivity contribution is 0.356. The SMILES string of the molecule is CC(CCN(C)C)CCS(C)(=O)=O. The van der Waals surface area contributed by atoms with E-state index < -0.39 is 9.84 Å². The van der Waals surface area contributed by atoms with Crippen LogP contribution < -0.4 is 0 Å². The zero-order valence-electron chi connectivity index (χ0n) is 9.08. The minimum absolute atomic E-state index is 0.321. The Balaban J connectivity index is 3.58. The molecule has 0 aromatic rings. The highest BCUT2D eigenvalue weighted by molar-refractivity contribution is 7.90. The van der Waals surface area contributed by atoms with Crippen LogP contribution in [0.15, 0.2) is 0 Å². The second kappa shape index (κ2) is 5.60. The monoisotopic (exact) mass is 207 g/mol. The Morgan fingerprint density at radius 3 is 2.15 bits per heavy atom. The Kier molecular flexibility index (Phi) is 5.56. The molecule has 0 aliphatic heterocycles. The third-order valence-corrected chi connectivity index (χ3v) is 3.03. The van der Waals surface area contributed by atoms with Crippen molar-refractivity contribution < 1.29 is 8.42 Å². The average Bonchev–Trinajstić information content (AvgIpc) is 1.95. The maximum absolute atomic E-state index is 10.9. The lowest BCUT2D eigenvalue weighted by Gasteiger charge is -2.14. The highest BCUT2D eigenvalue weighted by Gasteiger charge is 2.07. The molecule has 0 saturated heterocycles. The van der Waals surface area contributed by atoms with E-state index in [1.54, 1.807) is 0 Å². The molecule has 0 heterocycles. The average molecular weight is 207 g/mol. The Labute approximate surface area is 82.0 Å². The minimum Gasteiger partial charge on any atom is -0.309 e. The number of rotatable bonds is 6. The third-order valence-electron chi connectivity index (χ3n) is 2.05. The van der Waals surface area contributed by atoms with Crippen LogP contribution in [0.25, 0.3) is 0 Å². The molecule has 0 bridgehead atoms. The van der Waals surface area contributed by atoms with Crippen molar-refractivity contribution in [2.45, 2.75) is 19.8 Å². The summed E-state index contributed by atoms with van der Waals surface area (Å²) in [6, 6.07) is 0. The summed E-state index contributed by atoms with van der Waals surface area (Å²) in [6.07, 6.45) is 3.15. The molecule has 0 N–H and O–H groups in total. The number of sulfone groups is 1. The third kappa shape index (κ3) is 9.83. The van der Waals surface area contributed by atoms with Crippen LogP contribution in [0.5, 0.6) is 0 Å². The van der Waals surface area contributed by atoms with Gasteiger partial charge < -0.3 is 4.90 Å². The quantitative estimate of drug-likeness (QED) is 0.652. The number of hydrogen-bond donors (Lipinski definition) is 0. The van der Waals surface area contributed by atoms with Crippen molar-refractivity contribution in [1.82, 2.24) is 4.90 Å². The van der Waals surface area contributed by atoms with E-state index in [0.717, 1.165) is 19.4 Å². The molecule has 0 fully saturated rings. The molecule has 1 atom stereocenters. The Morgan fingerprint density at radius 1 is 1.23 bits per heavy atom. The fourth-order valence-corrected chi connectivity index (χ4v) is 1.87. The van der Waals surface area contributed by atoms with Gasteiger partial charge in [0.05, 0.1) is 5.75 Å². The van der Waals surface area contributed by atoms with Gasteiger partial charge in [-0.05, 0) is 39.4 Å². The summed E-state index contributed by atoms with van der Waals surface area (Å²) >= 11 is 0. The van der Waals surface area contributed by atoms with E-state index in [2.05, 4.69) is 11.8 Å². The standard InChI is InChI=1S/C9H21NO2S/c1-9(5-7-10(2)3)6-8-13(4,11)12/h9H,5-8H2,1-4H3. The molecule has 3 nitrogen and oxygen atoms in total. The minimum atomic E-state index is -2.77. The molecule has 13 heavy (non-hydrogen) atoms. The molecule has 4 heteroatoms. The molecular formula is C9H21NO2S. The summed E-state index contributed by atoms with van der Waals surface area (Å²) in [7, 11) is 1.29. The van der Waals surface area contributed by atoms with Gasteiger partial charge in [0.25, 0.3) is 0 Å². The van der Waals surface area contributed by atoms with Crippen LogP contribution in [0.4, 0.5) is 0 Å². The van der Waals surface area contributed by atoms with Gasteiger partial charge >= 0.3 is 0 Å². The van der Waals surface area contributed by atoms with Crippen LogP contribution in [0, 0.1) is 5.92 Å². The van der Waals surface area contributed by atoms with E-state index in [0.29, 0.717) is 11.7 Å². The smallest absolute Gasteiger partial charge is 0.147 e. The van der Waals surface area contributed by atoms with Crippen molar-refractivity contribution in [3.05, 3.63) is 0 Å². The summed E-state index contributed by atoms with van der Waals surface area (Å²) in [5.74, 6) is 0.818. The fraction of sp³-hybridized carbons (Fsp3) is 1.00. The highest BCUT2D eigenvalue weighted by Crippen LogP contribution is 2.08. The molecule has 0 aromatic heterocycles. The van der Waals surface area contributed by atoms with Crippen LogP contribution >= 0.6 is 0 Å². The Bertz CT molecular complexity index is 222. The second-order valence-electron chi connectivity index (χ2n) is 4.12. The Hall–Kier alpha value is -0.0900. The molecule has 0 saturated carbocycles. The first-order valence-electron chi connectivity index (χ1n) is 4.63. The van der Waals surface area contributed by atoms with Gasteiger partial charge in [0.15, 0.2) is 0 Å². The lowest BCUT2D eigenvalue weighted by Crippen LogP contribution is -2.17. The highest BCUT2D eigenvalue weighted by atomic mass is 32.2. The topological polar surface area (TPSA) is 37.4 Å². The van der Waals surface area contributed by atoms with Crippen LogP contribution in [-0.4, -0.2) is 46.0 Å². The van der Waals surface area contributed by atoms with E-state index >= 15 is 0 Å². The molecule has 0 aliphatic rings. The first-order chi connectivity index (χ1) is 5.81. The molecule has 0 spiro atoms. The van der Waals surface area contributed by atoms with Gasteiger partial charge in [0.1, 0.15) is 9.84 Å². The van der Waals surface area contributed by atoms with E-state index in [1.165, 1.54) is 6.26 Å². The summed E-state index contributed by atoms with van der Waals surface area (Å²) in [5, 5.41) is 0. The van der Waals surface area contributed by atoms with Crippen LogP contribution in [-0.2, 0) is 9.84 Å². The second-order valence-corrected chi connectivity index (χ2v) is 6.38. The normalized spacial score (nSPS) is 14.8. The molecule has 0 aliphatic carbocycles. The van der Waals surface area contributed by atoms with Crippen LogP contribution in [0.1, 0.15) is 19.8 Å². The summed E-state index contributed by atoms with van der Waals surface area (Å²) in [6.45, 7) is 3.14. The van der Waals surface area contributed by atoms with Crippen LogP contribution in [0.2, 0.25) is 0 Å². The van der Waals surface area contributed by atoms with E-state index in [9.17, 15) is 8.42 Å². The van der Waals surface area contributed by atoms with Gasteiger partial charge in [-0.2, -0.15) is 0 Å². The van der Waals surface area contributed by atoms with Gasteiger partial charge in [-0.15, -0.1) is 0 Å². The number of hydrogen-bond acceptors (Lipinski definition) is 3. The maximum atomic E-state index is 10.9. The predicted molar refractivity (Wildman–Crippen MR) is 56.7 cm³/mol. The Morgan fingerprint density at radius 2 is 1.77 bits per heavy atom. The van der Waals surface area contributed by atoms with E-state index in [4.69, 9.17) is 0 Å². The molecule has 0 amide bonds. The van der Waals surface area contributed by atoms with Gasteiger partial charge in [0, 0.05) is 6.26 Å². The van der Waals surface area contributed by atoms with Gasteiger partial charge in [0.2, 0.25) is 0 Å². The van der Waals surface area contributed by atoms with Gasteiger partial charge in [-0.3, -0.25) is 0 Å². The van der Waals surface area contributed by atoms with Crippen molar-refractivity contribution in [1.29, 1.82) is 0 Å². The first-order valence-corrected chi connectivity index (χ1v) is 6.70. The van der Waals surface area contributed by atoms with Crippen molar-refractivity contribution in [3.8, 4) is 0 Å². The summed E-state index contributed by atoms with van der Waals surface area (Å²) in [5.41, 5.74) is 0. The van der Waals surface area contributed by atoms with Crippen molar-refractivity contribution in [2.24, 2.45) is 5.92 Å². The largest absolute Gasteiger partial charge is 0.309 e. The van der Waals surface area contributed by atoms with Crippen molar-refractivity contribution in [2.75, 3.05) is 32.6 Å². The molecule has 0 radical (unpaired) electrons. The lowest BCUT2D eigenvalue weighted by atomic mass is 10.1. The molecule has 1 unspecified atom stereocenters. The molecular weight excluding hydrogens is 186 g/mol. The van der Waals surface area contributed by atoms with E-state index in [-0.39, 0.29) is 0 Å². The van der Waals surface area contributed by atoms with E-state index in [1.807, 2.05) is 14.1 Å². The zero-order valence-corrected chi connectivity index (χ0v) is 9.89. The van der Waals surface area contributed by atoms with Crippen molar-refractivity contribution >= 4 is 9.84 Å². The fourth-order valence-electron chi connectivity index (χ4n) is 1.04. The van der Waals surface area contributed by atoms with Gasteiger partial charge in [-0.1, -0.05) is 6.92 Å². The molecule has 0 rings (SSSR count). The summed E-state index contributed by atoms with van der Waals surface area (Å²) in [4.78, 5) is 2.12. The maximum Gasteiger partial charge on any atom is 0.147 e. The zero-order chi connectivity index (χ0) is 10.5.